The predicted molar refractivity (Wildman–Crippen MR) is 59.8 cm³/mol. The molecule has 0 atom stereocenters. The molecule has 94 valence electrons. The van der Waals surface area contributed by atoms with Crippen molar-refractivity contribution < 1.29 is 13.2 Å². The standard InChI is InChI=1S/C11H14F3N3/c1-4-5-15-10(7(2)3)8-6-9(17-16-8)11(12,13)14/h4-7H,1-3H3,(H,16,17)/b5-4-,15-10?. The summed E-state index contributed by atoms with van der Waals surface area (Å²) >= 11 is 0. The molecule has 0 saturated heterocycles. The van der Waals surface area contributed by atoms with Crippen LogP contribution >= 0.6 is 0 Å². The Kier molecular flexibility index (Phi) is 4.09. The SMILES string of the molecule is C/C=C\N=C(c1cc(C(F)(F)F)[nH]n1)C(C)C. The van der Waals surface area contributed by atoms with Crippen LogP contribution in [0.25, 0.3) is 0 Å². The van der Waals surface area contributed by atoms with Crippen LogP contribution in [0.5, 0.6) is 0 Å². The Morgan fingerprint density at radius 1 is 1.47 bits per heavy atom. The van der Waals surface area contributed by atoms with Gasteiger partial charge in [-0.25, -0.2) is 0 Å². The second kappa shape index (κ2) is 5.16. The minimum absolute atomic E-state index is 0.00409. The largest absolute Gasteiger partial charge is 0.432 e. The second-order valence-electron chi connectivity index (χ2n) is 3.82. The van der Waals surface area contributed by atoms with Gasteiger partial charge in [-0.05, 0) is 18.9 Å². The fourth-order valence-corrected chi connectivity index (χ4v) is 1.26. The first-order chi connectivity index (χ1) is 7.86. The van der Waals surface area contributed by atoms with Crippen molar-refractivity contribution in [3.63, 3.8) is 0 Å². The number of nitrogens with one attached hydrogen (secondary N) is 1. The number of hydrogen-bond donors (Lipinski definition) is 1. The van der Waals surface area contributed by atoms with Gasteiger partial charge in [0.15, 0.2) is 0 Å². The molecule has 0 bridgehead atoms. The molecule has 1 N–H and O–H groups in total. The number of aliphatic imine (C=N–C) groups is 1. The minimum Gasteiger partial charge on any atom is -0.273 e. The Morgan fingerprint density at radius 3 is 2.53 bits per heavy atom. The Morgan fingerprint density at radius 2 is 2.12 bits per heavy atom. The van der Waals surface area contributed by atoms with E-state index in [2.05, 4.69) is 10.1 Å². The van der Waals surface area contributed by atoms with Crippen LogP contribution in [0.4, 0.5) is 13.2 Å². The number of aromatic amines is 1. The van der Waals surface area contributed by atoms with Crippen LogP contribution in [0.3, 0.4) is 0 Å². The van der Waals surface area contributed by atoms with E-state index in [0.717, 1.165) is 6.07 Å². The number of H-pyrrole nitrogens is 1. The number of rotatable bonds is 3. The maximum absolute atomic E-state index is 12.4. The van der Waals surface area contributed by atoms with E-state index in [-0.39, 0.29) is 11.6 Å². The molecule has 1 aromatic rings. The van der Waals surface area contributed by atoms with Gasteiger partial charge >= 0.3 is 6.18 Å². The summed E-state index contributed by atoms with van der Waals surface area (Å²) in [5.41, 5.74) is -0.110. The lowest BCUT2D eigenvalue weighted by atomic mass is 10.1. The molecule has 0 aliphatic carbocycles. The van der Waals surface area contributed by atoms with Gasteiger partial charge in [-0.2, -0.15) is 18.3 Å². The molecule has 0 aromatic carbocycles. The lowest BCUT2D eigenvalue weighted by molar-refractivity contribution is -0.141. The molecule has 0 aliphatic heterocycles. The molecule has 6 heteroatoms. The smallest absolute Gasteiger partial charge is 0.273 e. The predicted octanol–water partition coefficient (Wildman–Crippen LogP) is 3.41. The van der Waals surface area contributed by atoms with Gasteiger partial charge in [-0.1, -0.05) is 19.9 Å². The zero-order valence-corrected chi connectivity index (χ0v) is 9.84. The van der Waals surface area contributed by atoms with Crippen LogP contribution in [-0.2, 0) is 6.18 Å². The zero-order valence-electron chi connectivity index (χ0n) is 9.84. The molecular formula is C11H14F3N3. The third-order valence-corrected chi connectivity index (χ3v) is 2.06. The third kappa shape index (κ3) is 3.44. The lowest BCUT2D eigenvalue weighted by Crippen LogP contribution is -2.09. The number of allylic oxidation sites excluding steroid dienone is 1. The second-order valence-corrected chi connectivity index (χ2v) is 3.82. The van der Waals surface area contributed by atoms with Crippen molar-refractivity contribution in [1.29, 1.82) is 0 Å². The van der Waals surface area contributed by atoms with Crippen molar-refractivity contribution in [1.82, 2.24) is 10.2 Å². The fourth-order valence-electron chi connectivity index (χ4n) is 1.26. The normalized spacial score (nSPS) is 13.9. The highest BCUT2D eigenvalue weighted by Crippen LogP contribution is 2.28. The van der Waals surface area contributed by atoms with Crippen LogP contribution in [0.15, 0.2) is 23.3 Å². The number of hydrogen-bond acceptors (Lipinski definition) is 2. The highest BCUT2D eigenvalue weighted by Gasteiger charge is 2.33. The summed E-state index contributed by atoms with van der Waals surface area (Å²) in [4.78, 5) is 4.09. The quantitative estimate of drug-likeness (QED) is 0.814. The molecular weight excluding hydrogens is 231 g/mol. The topological polar surface area (TPSA) is 41.0 Å². The van der Waals surface area contributed by atoms with E-state index in [1.807, 2.05) is 18.9 Å². The summed E-state index contributed by atoms with van der Waals surface area (Å²) in [6.07, 6.45) is -1.16. The van der Waals surface area contributed by atoms with Gasteiger partial charge in [0.25, 0.3) is 0 Å². The van der Waals surface area contributed by atoms with Crippen molar-refractivity contribution in [2.24, 2.45) is 10.9 Å². The van der Waals surface area contributed by atoms with Gasteiger partial charge in [0, 0.05) is 6.20 Å². The highest BCUT2D eigenvalue weighted by atomic mass is 19.4. The van der Waals surface area contributed by atoms with E-state index in [9.17, 15) is 13.2 Å². The summed E-state index contributed by atoms with van der Waals surface area (Å²) in [5, 5.41) is 5.63. The molecule has 3 nitrogen and oxygen atoms in total. The Balaban J connectivity index is 3.09. The molecule has 1 heterocycles. The maximum atomic E-state index is 12.4. The average molecular weight is 245 g/mol. The van der Waals surface area contributed by atoms with E-state index in [4.69, 9.17) is 0 Å². The molecule has 17 heavy (non-hydrogen) atoms. The molecule has 0 spiro atoms. The Bertz CT molecular complexity index is 427. The van der Waals surface area contributed by atoms with Crippen molar-refractivity contribution in [2.75, 3.05) is 0 Å². The summed E-state index contributed by atoms with van der Waals surface area (Å²) in [5.74, 6) is -0.00409. The summed E-state index contributed by atoms with van der Waals surface area (Å²) < 4.78 is 37.2. The molecule has 0 saturated carbocycles. The van der Waals surface area contributed by atoms with Crippen LogP contribution in [0.1, 0.15) is 32.2 Å². The summed E-state index contributed by atoms with van der Waals surface area (Å²) in [6, 6.07) is 0.975. The highest BCUT2D eigenvalue weighted by molar-refractivity contribution is 6.00. The molecule has 0 radical (unpaired) electrons. The summed E-state index contributed by atoms with van der Waals surface area (Å²) in [7, 11) is 0. The number of alkyl halides is 3. The van der Waals surface area contributed by atoms with Gasteiger partial charge in [-0.15, -0.1) is 0 Å². The first-order valence-electron chi connectivity index (χ1n) is 5.18. The maximum Gasteiger partial charge on any atom is 0.432 e. The first kappa shape index (κ1) is 13.5. The minimum atomic E-state index is -4.41. The molecule has 1 rings (SSSR count). The van der Waals surface area contributed by atoms with Crippen molar-refractivity contribution in [3.8, 4) is 0 Å². The Hall–Kier alpha value is -1.59. The third-order valence-electron chi connectivity index (χ3n) is 2.06. The Labute approximate surface area is 97.5 Å². The van der Waals surface area contributed by atoms with Crippen molar-refractivity contribution >= 4 is 5.71 Å². The number of halogens is 3. The molecule has 0 aliphatic rings. The lowest BCUT2D eigenvalue weighted by Gasteiger charge is -2.05. The fraction of sp³-hybridized carbons (Fsp3) is 0.455. The summed E-state index contributed by atoms with van der Waals surface area (Å²) in [6.45, 7) is 5.49. The van der Waals surface area contributed by atoms with Gasteiger partial charge in [0.2, 0.25) is 0 Å². The molecule has 0 fully saturated rings. The van der Waals surface area contributed by atoms with E-state index < -0.39 is 11.9 Å². The van der Waals surface area contributed by atoms with Gasteiger partial charge in [-0.3, -0.25) is 10.1 Å². The van der Waals surface area contributed by atoms with Crippen LogP contribution < -0.4 is 0 Å². The first-order valence-corrected chi connectivity index (χ1v) is 5.18. The van der Waals surface area contributed by atoms with Crippen LogP contribution in [0, 0.1) is 5.92 Å². The van der Waals surface area contributed by atoms with Gasteiger partial charge in [0.05, 0.1) is 5.71 Å². The monoisotopic (exact) mass is 245 g/mol. The molecule has 1 aromatic heterocycles. The number of nitrogens with zero attached hydrogens (tertiary/aromatic N) is 2. The van der Waals surface area contributed by atoms with E-state index >= 15 is 0 Å². The van der Waals surface area contributed by atoms with Gasteiger partial charge < -0.3 is 0 Å². The van der Waals surface area contributed by atoms with E-state index in [1.54, 1.807) is 13.0 Å². The molecule has 0 amide bonds. The van der Waals surface area contributed by atoms with E-state index in [0.29, 0.717) is 5.71 Å². The van der Waals surface area contributed by atoms with Crippen molar-refractivity contribution in [2.45, 2.75) is 26.9 Å². The van der Waals surface area contributed by atoms with E-state index in [1.165, 1.54) is 6.20 Å². The zero-order chi connectivity index (χ0) is 13.1. The van der Waals surface area contributed by atoms with Crippen molar-refractivity contribution in [3.05, 3.63) is 29.7 Å². The number of aromatic nitrogens is 2. The molecule has 0 unspecified atom stereocenters. The van der Waals surface area contributed by atoms with Crippen LogP contribution in [0.2, 0.25) is 0 Å². The van der Waals surface area contributed by atoms with Gasteiger partial charge in [0.1, 0.15) is 11.4 Å². The van der Waals surface area contributed by atoms with Crippen LogP contribution in [-0.4, -0.2) is 15.9 Å². The average Bonchev–Trinajstić information content (AvgIpc) is 2.66.